The summed E-state index contributed by atoms with van der Waals surface area (Å²) >= 11 is 3.22. The maximum absolute atomic E-state index is 13.4. The van der Waals surface area contributed by atoms with Crippen molar-refractivity contribution < 1.29 is 13.9 Å². The second kappa shape index (κ2) is 8.27. The molecule has 1 aromatic rings. The fourth-order valence-corrected chi connectivity index (χ4v) is 1.88. The van der Waals surface area contributed by atoms with Gasteiger partial charge in [-0.3, -0.25) is 4.79 Å². The summed E-state index contributed by atoms with van der Waals surface area (Å²) in [5, 5.41) is 2.70. The molecule has 0 fully saturated rings. The maximum atomic E-state index is 13.4. The van der Waals surface area contributed by atoms with Gasteiger partial charge in [0.05, 0.1) is 11.7 Å². The lowest BCUT2D eigenvalue weighted by Crippen LogP contribution is -2.25. The van der Waals surface area contributed by atoms with Gasteiger partial charge < -0.3 is 10.1 Å². The number of hydrogen-bond donors (Lipinski definition) is 1. The van der Waals surface area contributed by atoms with Gasteiger partial charge in [0.2, 0.25) is 0 Å². The molecule has 0 spiro atoms. The molecular weight excluding hydrogens is 313 g/mol. The fourth-order valence-electron chi connectivity index (χ4n) is 1.51. The number of amides is 1. The number of ether oxygens (including phenoxy) is 1. The number of benzene rings is 1. The summed E-state index contributed by atoms with van der Waals surface area (Å²) < 4.78 is 19.5. The first kappa shape index (κ1) is 16.1. The van der Waals surface area contributed by atoms with Gasteiger partial charge in [-0.1, -0.05) is 15.9 Å². The lowest BCUT2D eigenvalue weighted by Gasteiger charge is -2.08. The first-order chi connectivity index (χ1) is 9.00. The van der Waals surface area contributed by atoms with Gasteiger partial charge in [0.25, 0.3) is 5.91 Å². The van der Waals surface area contributed by atoms with Gasteiger partial charge in [-0.2, -0.15) is 0 Å². The SMILES string of the molecule is CC(C)OCCCCNC(=O)c1cc(Br)ccc1F. The number of carbonyl (C=O) groups excluding carboxylic acids is 1. The van der Waals surface area contributed by atoms with Gasteiger partial charge in [0.15, 0.2) is 0 Å². The normalized spacial score (nSPS) is 10.8. The molecule has 1 aromatic carbocycles. The zero-order valence-corrected chi connectivity index (χ0v) is 12.8. The van der Waals surface area contributed by atoms with Crippen LogP contribution in [0.3, 0.4) is 0 Å². The molecule has 0 saturated heterocycles. The van der Waals surface area contributed by atoms with Crippen LogP contribution in [0.2, 0.25) is 0 Å². The third-order valence-corrected chi connectivity index (χ3v) is 2.97. The number of unbranched alkanes of at least 4 members (excludes halogenated alkanes) is 1. The summed E-state index contributed by atoms with van der Waals surface area (Å²) in [4.78, 5) is 11.8. The summed E-state index contributed by atoms with van der Waals surface area (Å²) in [6.45, 7) is 5.17. The predicted octanol–water partition coefficient (Wildman–Crippen LogP) is 3.52. The molecule has 0 aliphatic heterocycles. The van der Waals surface area contributed by atoms with E-state index in [1.54, 1.807) is 6.07 Å². The van der Waals surface area contributed by atoms with E-state index in [-0.39, 0.29) is 17.6 Å². The first-order valence-electron chi connectivity index (χ1n) is 6.35. The van der Waals surface area contributed by atoms with E-state index in [2.05, 4.69) is 21.2 Å². The van der Waals surface area contributed by atoms with Crippen LogP contribution in [-0.4, -0.2) is 25.2 Å². The van der Waals surface area contributed by atoms with E-state index >= 15 is 0 Å². The van der Waals surface area contributed by atoms with Crippen molar-refractivity contribution in [2.45, 2.75) is 32.8 Å². The smallest absolute Gasteiger partial charge is 0.254 e. The van der Waals surface area contributed by atoms with Crippen LogP contribution in [0.25, 0.3) is 0 Å². The molecule has 0 atom stereocenters. The zero-order chi connectivity index (χ0) is 14.3. The Morgan fingerprint density at radius 3 is 2.84 bits per heavy atom. The van der Waals surface area contributed by atoms with Crippen molar-refractivity contribution >= 4 is 21.8 Å². The predicted molar refractivity (Wildman–Crippen MR) is 76.8 cm³/mol. The van der Waals surface area contributed by atoms with Crippen molar-refractivity contribution in [3.05, 3.63) is 34.1 Å². The fraction of sp³-hybridized carbons (Fsp3) is 0.500. The van der Waals surface area contributed by atoms with Crippen LogP contribution in [-0.2, 0) is 4.74 Å². The van der Waals surface area contributed by atoms with Gasteiger partial charge in [0, 0.05) is 17.6 Å². The molecule has 1 N–H and O–H groups in total. The molecule has 5 heteroatoms. The van der Waals surface area contributed by atoms with Crippen LogP contribution < -0.4 is 5.32 Å². The van der Waals surface area contributed by atoms with Crippen LogP contribution >= 0.6 is 15.9 Å². The minimum Gasteiger partial charge on any atom is -0.379 e. The summed E-state index contributed by atoms with van der Waals surface area (Å²) in [5.74, 6) is -0.896. The highest BCUT2D eigenvalue weighted by molar-refractivity contribution is 9.10. The monoisotopic (exact) mass is 331 g/mol. The van der Waals surface area contributed by atoms with Gasteiger partial charge >= 0.3 is 0 Å². The van der Waals surface area contributed by atoms with Crippen LogP contribution in [0.15, 0.2) is 22.7 Å². The van der Waals surface area contributed by atoms with Crippen molar-refractivity contribution in [1.29, 1.82) is 0 Å². The third-order valence-electron chi connectivity index (χ3n) is 2.48. The minimum atomic E-state index is -0.510. The Morgan fingerprint density at radius 1 is 1.42 bits per heavy atom. The largest absolute Gasteiger partial charge is 0.379 e. The standard InChI is InChI=1S/C14H19BrFNO2/c1-10(2)19-8-4-3-7-17-14(18)12-9-11(15)5-6-13(12)16/h5-6,9-10H,3-4,7-8H2,1-2H3,(H,17,18). The molecule has 1 rings (SSSR count). The summed E-state index contributed by atoms with van der Waals surface area (Å²) in [6.07, 6.45) is 1.92. The van der Waals surface area contributed by atoms with Crippen LogP contribution in [0.5, 0.6) is 0 Å². The van der Waals surface area contributed by atoms with E-state index in [1.807, 2.05) is 13.8 Å². The third kappa shape index (κ3) is 6.16. The Morgan fingerprint density at radius 2 is 2.16 bits per heavy atom. The van der Waals surface area contributed by atoms with Gasteiger partial charge in [-0.15, -0.1) is 0 Å². The van der Waals surface area contributed by atoms with Crippen LogP contribution in [0, 0.1) is 5.82 Å². The molecule has 3 nitrogen and oxygen atoms in total. The number of halogens is 2. The molecular formula is C14H19BrFNO2. The molecule has 0 radical (unpaired) electrons. The molecule has 0 heterocycles. The lowest BCUT2D eigenvalue weighted by molar-refractivity contribution is 0.0754. The Bertz CT molecular complexity index is 424. The topological polar surface area (TPSA) is 38.3 Å². The quantitative estimate of drug-likeness (QED) is 0.776. The molecule has 0 saturated carbocycles. The van der Waals surface area contributed by atoms with Gasteiger partial charge in [-0.05, 0) is 44.9 Å². The van der Waals surface area contributed by atoms with Crippen LogP contribution in [0.4, 0.5) is 4.39 Å². The summed E-state index contributed by atoms with van der Waals surface area (Å²) in [6, 6.07) is 4.32. The van der Waals surface area contributed by atoms with Crippen molar-refractivity contribution in [3.63, 3.8) is 0 Å². The van der Waals surface area contributed by atoms with E-state index < -0.39 is 5.82 Å². The minimum absolute atomic E-state index is 0.0628. The highest BCUT2D eigenvalue weighted by atomic mass is 79.9. The van der Waals surface area contributed by atoms with Crippen LogP contribution in [0.1, 0.15) is 37.0 Å². The molecule has 0 aliphatic carbocycles. The Labute approximate surface area is 121 Å². The van der Waals surface area contributed by atoms with Crippen molar-refractivity contribution in [2.75, 3.05) is 13.2 Å². The molecule has 19 heavy (non-hydrogen) atoms. The molecule has 106 valence electrons. The van der Waals surface area contributed by atoms with Crippen molar-refractivity contribution in [1.82, 2.24) is 5.32 Å². The molecule has 0 aliphatic rings. The molecule has 0 unspecified atom stereocenters. The van der Waals surface area contributed by atoms with E-state index in [0.717, 1.165) is 12.8 Å². The van der Waals surface area contributed by atoms with Gasteiger partial charge in [-0.25, -0.2) is 4.39 Å². The number of rotatable bonds is 7. The molecule has 0 aromatic heterocycles. The van der Waals surface area contributed by atoms with E-state index in [9.17, 15) is 9.18 Å². The summed E-state index contributed by atoms with van der Waals surface area (Å²) in [5.41, 5.74) is 0.0628. The Balaban J connectivity index is 2.29. The summed E-state index contributed by atoms with van der Waals surface area (Å²) in [7, 11) is 0. The second-order valence-electron chi connectivity index (χ2n) is 4.51. The second-order valence-corrected chi connectivity index (χ2v) is 5.42. The number of hydrogen-bond acceptors (Lipinski definition) is 2. The number of nitrogens with one attached hydrogen (secondary N) is 1. The highest BCUT2D eigenvalue weighted by Crippen LogP contribution is 2.15. The van der Waals surface area contributed by atoms with E-state index in [1.165, 1.54) is 12.1 Å². The van der Waals surface area contributed by atoms with Crippen molar-refractivity contribution in [2.24, 2.45) is 0 Å². The van der Waals surface area contributed by atoms with Gasteiger partial charge in [0.1, 0.15) is 5.82 Å². The Kier molecular flexibility index (Phi) is 7.02. The molecule has 0 bridgehead atoms. The average molecular weight is 332 g/mol. The highest BCUT2D eigenvalue weighted by Gasteiger charge is 2.11. The zero-order valence-electron chi connectivity index (χ0n) is 11.2. The Hall–Kier alpha value is -0.940. The average Bonchev–Trinajstić information content (AvgIpc) is 2.36. The maximum Gasteiger partial charge on any atom is 0.254 e. The van der Waals surface area contributed by atoms with E-state index in [0.29, 0.717) is 17.6 Å². The number of carbonyl (C=O) groups is 1. The van der Waals surface area contributed by atoms with Crippen molar-refractivity contribution in [3.8, 4) is 0 Å². The molecule has 1 amide bonds. The van der Waals surface area contributed by atoms with E-state index in [4.69, 9.17) is 4.74 Å². The lowest BCUT2D eigenvalue weighted by atomic mass is 10.2. The first-order valence-corrected chi connectivity index (χ1v) is 7.15.